The molecular weight excluding hydrogens is 228 g/mol. The number of pyridine rings is 1. The van der Waals surface area contributed by atoms with Crippen molar-refractivity contribution in [3.63, 3.8) is 0 Å². The van der Waals surface area contributed by atoms with Crippen LogP contribution in [0.1, 0.15) is 12.5 Å². The van der Waals surface area contributed by atoms with E-state index in [-0.39, 0.29) is 12.5 Å². The minimum atomic E-state index is -0.223. The lowest BCUT2D eigenvalue weighted by molar-refractivity contribution is -0.142. The number of nitrogens with one attached hydrogen (secondary N) is 1. The molecule has 0 atom stereocenters. The van der Waals surface area contributed by atoms with Crippen molar-refractivity contribution in [3.05, 3.63) is 42.2 Å². The molecule has 0 aliphatic carbocycles. The van der Waals surface area contributed by atoms with Crippen LogP contribution in [0.2, 0.25) is 0 Å². The first kappa shape index (κ1) is 12.5. The Balaban J connectivity index is 2.01. The molecule has 0 spiro atoms. The van der Waals surface area contributed by atoms with Crippen molar-refractivity contribution in [1.82, 2.24) is 10.3 Å². The fraction of sp³-hybridized carbons (Fsp3) is 0.286. The standard InChI is InChI=1S/C14H16N2O2/c1-2-18-14(17)10-16-9-12-5-3-4-11-8-15-7-6-13(11)12/h3-8,16H,2,9-10H2,1H3. The fourth-order valence-electron chi connectivity index (χ4n) is 1.86. The molecule has 0 bridgehead atoms. The Bertz CT molecular complexity index is 535. The van der Waals surface area contributed by atoms with Gasteiger partial charge in [0.05, 0.1) is 13.2 Å². The van der Waals surface area contributed by atoms with E-state index in [1.54, 1.807) is 13.1 Å². The van der Waals surface area contributed by atoms with E-state index in [2.05, 4.69) is 10.3 Å². The van der Waals surface area contributed by atoms with Gasteiger partial charge in [-0.3, -0.25) is 9.78 Å². The summed E-state index contributed by atoms with van der Waals surface area (Å²) < 4.78 is 4.86. The minimum absolute atomic E-state index is 0.223. The molecule has 0 saturated heterocycles. The first-order valence-corrected chi connectivity index (χ1v) is 5.99. The number of hydrogen-bond donors (Lipinski definition) is 1. The van der Waals surface area contributed by atoms with E-state index in [1.807, 2.05) is 30.5 Å². The Morgan fingerprint density at radius 2 is 2.28 bits per heavy atom. The van der Waals surface area contributed by atoms with E-state index in [4.69, 9.17) is 4.74 Å². The lowest BCUT2D eigenvalue weighted by atomic mass is 10.1. The van der Waals surface area contributed by atoms with Gasteiger partial charge in [0.25, 0.3) is 0 Å². The summed E-state index contributed by atoms with van der Waals surface area (Å²) in [7, 11) is 0. The van der Waals surface area contributed by atoms with E-state index >= 15 is 0 Å². The number of carbonyl (C=O) groups is 1. The van der Waals surface area contributed by atoms with Crippen LogP contribution in [-0.2, 0) is 16.1 Å². The molecule has 0 saturated carbocycles. The van der Waals surface area contributed by atoms with Crippen LogP contribution in [0, 0.1) is 0 Å². The van der Waals surface area contributed by atoms with Gasteiger partial charge in [-0.05, 0) is 23.9 Å². The Hall–Kier alpha value is -1.94. The third-order valence-corrected chi connectivity index (χ3v) is 2.66. The summed E-state index contributed by atoms with van der Waals surface area (Å²) in [6.45, 7) is 3.09. The highest BCUT2D eigenvalue weighted by atomic mass is 16.5. The van der Waals surface area contributed by atoms with Crippen molar-refractivity contribution in [2.24, 2.45) is 0 Å². The molecule has 0 amide bonds. The SMILES string of the molecule is CCOC(=O)CNCc1cccc2cnccc12. The number of fused-ring (bicyclic) bond motifs is 1. The minimum Gasteiger partial charge on any atom is -0.465 e. The number of aromatic nitrogens is 1. The fourth-order valence-corrected chi connectivity index (χ4v) is 1.86. The van der Waals surface area contributed by atoms with Crippen LogP contribution in [0.15, 0.2) is 36.7 Å². The molecule has 2 aromatic rings. The van der Waals surface area contributed by atoms with Crippen molar-refractivity contribution < 1.29 is 9.53 Å². The summed E-state index contributed by atoms with van der Waals surface area (Å²) in [5.74, 6) is -0.223. The zero-order valence-corrected chi connectivity index (χ0v) is 10.3. The summed E-state index contributed by atoms with van der Waals surface area (Å²) in [6.07, 6.45) is 3.61. The lowest BCUT2D eigenvalue weighted by Gasteiger charge is -2.07. The molecule has 1 heterocycles. The number of benzene rings is 1. The molecule has 0 aliphatic heterocycles. The second kappa shape index (κ2) is 6.12. The molecule has 1 N–H and O–H groups in total. The monoisotopic (exact) mass is 244 g/mol. The topological polar surface area (TPSA) is 51.2 Å². The van der Waals surface area contributed by atoms with E-state index in [0.717, 1.165) is 16.3 Å². The van der Waals surface area contributed by atoms with Gasteiger partial charge >= 0.3 is 5.97 Å². The van der Waals surface area contributed by atoms with Gasteiger partial charge in [-0.25, -0.2) is 0 Å². The highest BCUT2D eigenvalue weighted by molar-refractivity contribution is 5.84. The van der Waals surface area contributed by atoms with Gasteiger partial charge in [-0.1, -0.05) is 18.2 Å². The summed E-state index contributed by atoms with van der Waals surface area (Å²) in [5, 5.41) is 5.34. The Labute approximate surface area is 106 Å². The maximum atomic E-state index is 11.2. The smallest absolute Gasteiger partial charge is 0.319 e. The van der Waals surface area contributed by atoms with E-state index < -0.39 is 0 Å². The number of rotatable bonds is 5. The molecule has 4 nitrogen and oxygen atoms in total. The van der Waals surface area contributed by atoms with Crippen LogP contribution in [0.25, 0.3) is 10.8 Å². The number of esters is 1. The molecule has 94 valence electrons. The van der Waals surface area contributed by atoms with Crippen molar-refractivity contribution in [1.29, 1.82) is 0 Å². The van der Waals surface area contributed by atoms with Crippen LogP contribution in [0.4, 0.5) is 0 Å². The number of carbonyl (C=O) groups excluding carboxylic acids is 1. The average Bonchev–Trinajstić information content (AvgIpc) is 2.39. The van der Waals surface area contributed by atoms with Gasteiger partial charge in [0.2, 0.25) is 0 Å². The molecule has 0 radical (unpaired) electrons. The maximum absolute atomic E-state index is 11.2. The zero-order chi connectivity index (χ0) is 12.8. The Morgan fingerprint density at radius 3 is 3.11 bits per heavy atom. The van der Waals surface area contributed by atoms with Crippen LogP contribution in [-0.4, -0.2) is 24.1 Å². The molecule has 18 heavy (non-hydrogen) atoms. The number of ether oxygens (including phenoxy) is 1. The zero-order valence-electron chi connectivity index (χ0n) is 10.3. The first-order chi connectivity index (χ1) is 8.81. The predicted octanol–water partition coefficient (Wildman–Crippen LogP) is 1.89. The molecule has 0 unspecified atom stereocenters. The number of nitrogens with zero attached hydrogens (tertiary/aromatic N) is 1. The van der Waals surface area contributed by atoms with Gasteiger partial charge in [0.15, 0.2) is 0 Å². The van der Waals surface area contributed by atoms with Gasteiger partial charge in [0, 0.05) is 24.3 Å². The molecule has 1 aromatic carbocycles. The van der Waals surface area contributed by atoms with Crippen molar-refractivity contribution in [2.75, 3.05) is 13.2 Å². The van der Waals surface area contributed by atoms with Gasteiger partial charge in [-0.2, -0.15) is 0 Å². The number of hydrogen-bond acceptors (Lipinski definition) is 4. The second-order valence-corrected chi connectivity index (χ2v) is 3.92. The Kier molecular flexibility index (Phi) is 4.25. The highest BCUT2D eigenvalue weighted by Gasteiger charge is 2.03. The first-order valence-electron chi connectivity index (χ1n) is 5.99. The molecule has 0 aliphatic rings. The summed E-state index contributed by atoms with van der Waals surface area (Å²) in [4.78, 5) is 15.3. The molecular formula is C14H16N2O2. The van der Waals surface area contributed by atoms with E-state index in [1.165, 1.54) is 0 Å². The molecule has 0 fully saturated rings. The van der Waals surface area contributed by atoms with Gasteiger partial charge < -0.3 is 10.1 Å². The highest BCUT2D eigenvalue weighted by Crippen LogP contribution is 2.16. The lowest BCUT2D eigenvalue weighted by Crippen LogP contribution is -2.24. The van der Waals surface area contributed by atoms with Crippen LogP contribution >= 0.6 is 0 Å². The third-order valence-electron chi connectivity index (χ3n) is 2.66. The predicted molar refractivity (Wildman–Crippen MR) is 70.1 cm³/mol. The van der Waals surface area contributed by atoms with E-state index in [9.17, 15) is 4.79 Å². The largest absolute Gasteiger partial charge is 0.465 e. The third kappa shape index (κ3) is 3.05. The Morgan fingerprint density at radius 1 is 1.39 bits per heavy atom. The maximum Gasteiger partial charge on any atom is 0.319 e. The van der Waals surface area contributed by atoms with Crippen molar-refractivity contribution >= 4 is 16.7 Å². The molecule has 2 rings (SSSR count). The van der Waals surface area contributed by atoms with Crippen LogP contribution < -0.4 is 5.32 Å². The summed E-state index contributed by atoms with van der Waals surface area (Å²) >= 11 is 0. The van der Waals surface area contributed by atoms with Gasteiger partial charge in [0.1, 0.15) is 0 Å². The summed E-state index contributed by atoms with van der Waals surface area (Å²) in [6, 6.07) is 8.04. The van der Waals surface area contributed by atoms with Crippen LogP contribution in [0.5, 0.6) is 0 Å². The quantitative estimate of drug-likeness (QED) is 0.816. The second-order valence-electron chi connectivity index (χ2n) is 3.92. The normalized spacial score (nSPS) is 10.5. The summed E-state index contributed by atoms with van der Waals surface area (Å²) in [5.41, 5.74) is 1.15. The molecule has 1 aromatic heterocycles. The van der Waals surface area contributed by atoms with Crippen LogP contribution in [0.3, 0.4) is 0 Å². The molecule has 4 heteroatoms. The van der Waals surface area contributed by atoms with Crippen molar-refractivity contribution in [3.8, 4) is 0 Å². The van der Waals surface area contributed by atoms with Gasteiger partial charge in [-0.15, -0.1) is 0 Å². The average molecular weight is 244 g/mol. The van der Waals surface area contributed by atoms with Crippen molar-refractivity contribution in [2.45, 2.75) is 13.5 Å². The van der Waals surface area contributed by atoms with E-state index in [0.29, 0.717) is 13.2 Å².